The van der Waals surface area contributed by atoms with Crippen molar-refractivity contribution in [2.75, 3.05) is 0 Å². The van der Waals surface area contributed by atoms with Crippen LogP contribution in [0.2, 0.25) is 0 Å². The summed E-state index contributed by atoms with van der Waals surface area (Å²) in [5.41, 5.74) is 7.19. The molecular formula is C37H40N2O3. The Morgan fingerprint density at radius 2 is 1.45 bits per heavy atom. The van der Waals surface area contributed by atoms with Crippen LogP contribution in [0.3, 0.4) is 0 Å². The Bertz CT molecular complexity index is 1860. The van der Waals surface area contributed by atoms with E-state index in [1.165, 1.54) is 11.1 Å². The van der Waals surface area contributed by atoms with Crippen LogP contribution >= 0.6 is 0 Å². The highest BCUT2D eigenvalue weighted by Gasteiger charge is 2.43. The van der Waals surface area contributed by atoms with Crippen LogP contribution in [0.5, 0.6) is 0 Å². The Balaban J connectivity index is 1.42. The van der Waals surface area contributed by atoms with Gasteiger partial charge in [-0.25, -0.2) is 9.97 Å². The second kappa shape index (κ2) is 9.52. The Labute approximate surface area is 248 Å². The summed E-state index contributed by atoms with van der Waals surface area (Å²) >= 11 is 0. The summed E-state index contributed by atoms with van der Waals surface area (Å²) in [6.07, 6.45) is 4.46. The Morgan fingerprint density at radius 3 is 2.14 bits per heavy atom. The molecule has 2 heterocycles. The molecule has 0 aliphatic heterocycles. The summed E-state index contributed by atoms with van der Waals surface area (Å²) in [5, 5.41) is 0. The number of oxazole rings is 2. The third-order valence-electron chi connectivity index (χ3n) is 8.53. The summed E-state index contributed by atoms with van der Waals surface area (Å²) < 4.78 is 12.6. The zero-order valence-corrected chi connectivity index (χ0v) is 26.0. The quantitative estimate of drug-likeness (QED) is 0.200. The molecule has 0 saturated heterocycles. The normalized spacial score (nSPS) is 17.9. The molecule has 42 heavy (non-hydrogen) atoms. The Hall–Kier alpha value is -3.99. The van der Waals surface area contributed by atoms with Gasteiger partial charge in [0.1, 0.15) is 22.7 Å². The SMILES string of the molecule is CC(C)(C)CC(C)(C)c1ccc2oc(C3=CCC(C=O)(c4nc5cc(C(C)(C)C)ccc5o4)c4ccccc43)nc2c1. The molecule has 5 nitrogen and oxygen atoms in total. The molecule has 0 amide bonds. The molecule has 1 aliphatic rings. The fraction of sp³-hybridized carbons (Fsp3) is 0.378. The van der Waals surface area contributed by atoms with Crippen molar-refractivity contribution < 1.29 is 13.6 Å². The first kappa shape index (κ1) is 28.1. The lowest BCUT2D eigenvalue weighted by Gasteiger charge is -2.32. The molecule has 216 valence electrons. The number of aldehydes is 1. The number of carbonyl (C=O) groups excluding carboxylic acids is 1. The van der Waals surface area contributed by atoms with Crippen LogP contribution in [0, 0.1) is 5.41 Å². The van der Waals surface area contributed by atoms with Crippen molar-refractivity contribution in [1.82, 2.24) is 9.97 Å². The lowest BCUT2D eigenvalue weighted by atomic mass is 9.71. The third-order valence-corrected chi connectivity index (χ3v) is 8.53. The fourth-order valence-corrected chi connectivity index (χ4v) is 6.63. The van der Waals surface area contributed by atoms with Crippen LogP contribution in [0.1, 0.15) is 102 Å². The van der Waals surface area contributed by atoms with Gasteiger partial charge in [0.25, 0.3) is 0 Å². The van der Waals surface area contributed by atoms with Crippen LogP contribution in [0.15, 0.2) is 75.6 Å². The number of rotatable bonds is 5. The van der Waals surface area contributed by atoms with Crippen LogP contribution in [-0.4, -0.2) is 16.3 Å². The number of fused-ring (bicyclic) bond motifs is 3. The summed E-state index contributed by atoms with van der Waals surface area (Å²) in [7, 11) is 0. The molecule has 0 N–H and O–H groups in total. The van der Waals surface area contributed by atoms with E-state index in [0.29, 0.717) is 23.8 Å². The number of hydrogen-bond acceptors (Lipinski definition) is 5. The lowest BCUT2D eigenvalue weighted by molar-refractivity contribution is -0.111. The zero-order chi connectivity index (χ0) is 30.1. The van der Waals surface area contributed by atoms with Gasteiger partial charge in [-0.2, -0.15) is 0 Å². The highest BCUT2D eigenvalue weighted by molar-refractivity contribution is 5.89. The van der Waals surface area contributed by atoms with Gasteiger partial charge < -0.3 is 13.6 Å². The van der Waals surface area contributed by atoms with Crippen molar-refractivity contribution in [3.8, 4) is 0 Å². The Kier molecular flexibility index (Phi) is 6.38. The average Bonchev–Trinajstić information content (AvgIpc) is 3.54. The third kappa shape index (κ3) is 4.79. The van der Waals surface area contributed by atoms with Gasteiger partial charge in [0.2, 0.25) is 11.8 Å². The van der Waals surface area contributed by atoms with E-state index in [1.54, 1.807) is 0 Å². The molecule has 0 bridgehead atoms. The van der Waals surface area contributed by atoms with E-state index in [1.807, 2.05) is 42.5 Å². The van der Waals surface area contributed by atoms with Crippen molar-refractivity contribution in [3.63, 3.8) is 0 Å². The van der Waals surface area contributed by atoms with Gasteiger partial charge in [-0.1, -0.05) is 97.9 Å². The first-order valence-corrected chi connectivity index (χ1v) is 14.8. The van der Waals surface area contributed by atoms with E-state index < -0.39 is 5.41 Å². The van der Waals surface area contributed by atoms with E-state index in [0.717, 1.165) is 46.0 Å². The summed E-state index contributed by atoms with van der Waals surface area (Å²) in [5.74, 6) is 0.958. The maximum atomic E-state index is 13.0. The number of carbonyl (C=O) groups is 1. The molecular weight excluding hydrogens is 520 g/mol. The zero-order valence-electron chi connectivity index (χ0n) is 26.0. The first-order chi connectivity index (χ1) is 19.7. The van der Waals surface area contributed by atoms with Crippen molar-refractivity contribution >= 4 is 34.1 Å². The molecule has 0 fully saturated rings. The van der Waals surface area contributed by atoms with Crippen LogP contribution < -0.4 is 0 Å². The van der Waals surface area contributed by atoms with Crippen molar-refractivity contribution in [1.29, 1.82) is 0 Å². The molecule has 1 unspecified atom stereocenters. The molecule has 1 atom stereocenters. The number of hydrogen-bond donors (Lipinski definition) is 0. The Morgan fingerprint density at radius 1 is 0.810 bits per heavy atom. The van der Waals surface area contributed by atoms with E-state index in [4.69, 9.17) is 18.8 Å². The topological polar surface area (TPSA) is 69.1 Å². The molecule has 5 heteroatoms. The predicted octanol–water partition coefficient (Wildman–Crippen LogP) is 9.30. The van der Waals surface area contributed by atoms with Crippen molar-refractivity contribution in [2.45, 2.75) is 84.5 Å². The largest absolute Gasteiger partial charge is 0.439 e. The van der Waals surface area contributed by atoms with Crippen molar-refractivity contribution in [3.05, 3.63) is 101 Å². The molecule has 0 spiro atoms. The van der Waals surface area contributed by atoms with Gasteiger partial charge in [0.15, 0.2) is 11.2 Å². The standard InChI is InChI=1S/C37H40N2O3/c1-34(2,3)21-36(7,8)24-14-16-30-28(20-24)38-32(41-30)26-17-18-37(22-40,27-12-10-9-11-25(26)27)33-39-29-19-23(35(4,5)6)13-15-31(29)42-33/h9-17,19-20,22H,18,21H2,1-8H3. The highest BCUT2D eigenvalue weighted by Crippen LogP contribution is 2.45. The minimum Gasteiger partial charge on any atom is -0.439 e. The summed E-state index contributed by atoms with van der Waals surface area (Å²) in [6, 6.07) is 20.4. The molecule has 2 aromatic heterocycles. The van der Waals surface area contributed by atoms with E-state index in [-0.39, 0.29) is 16.2 Å². The highest BCUT2D eigenvalue weighted by atomic mass is 16.4. The number of aromatic nitrogens is 2. The van der Waals surface area contributed by atoms with Crippen LogP contribution in [0.25, 0.3) is 27.8 Å². The molecule has 1 aliphatic carbocycles. The maximum Gasteiger partial charge on any atom is 0.227 e. The fourth-order valence-electron chi connectivity index (χ4n) is 6.63. The van der Waals surface area contributed by atoms with Crippen LogP contribution in [0.4, 0.5) is 0 Å². The molecule has 0 radical (unpaired) electrons. The minimum atomic E-state index is -1.04. The van der Waals surface area contributed by atoms with Crippen LogP contribution in [-0.2, 0) is 21.0 Å². The molecule has 3 aromatic carbocycles. The first-order valence-electron chi connectivity index (χ1n) is 14.8. The second-order valence-electron chi connectivity index (χ2n) is 14.7. The average molecular weight is 561 g/mol. The van der Waals surface area contributed by atoms with E-state index >= 15 is 0 Å². The monoisotopic (exact) mass is 560 g/mol. The van der Waals surface area contributed by atoms with Gasteiger partial charge in [0, 0.05) is 5.57 Å². The van der Waals surface area contributed by atoms with Gasteiger partial charge in [-0.15, -0.1) is 0 Å². The maximum absolute atomic E-state index is 13.0. The van der Waals surface area contributed by atoms with Crippen molar-refractivity contribution in [2.24, 2.45) is 5.41 Å². The van der Waals surface area contributed by atoms with Gasteiger partial charge in [-0.3, -0.25) is 0 Å². The van der Waals surface area contributed by atoms with E-state index in [9.17, 15) is 4.79 Å². The number of nitrogens with zero attached hydrogens (tertiary/aromatic N) is 2. The number of benzene rings is 3. The summed E-state index contributed by atoms with van der Waals surface area (Å²) in [4.78, 5) is 22.8. The van der Waals surface area contributed by atoms with Gasteiger partial charge in [0.05, 0.1) is 0 Å². The summed E-state index contributed by atoms with van der Waals surface area (Å²) in [6.45, 7) is 17.9. The molecule has 5 aromatic rings. The molecule has 0 saturated carbocycles. The van der Waals surface area contributed by atoms with E-state index in [2.05, 4.69) is 79.7 Å². The van der Waals surface area contributed by atoms with Gasteiger partial charge in [-0.05, 0) is 75.6 Å². The lowest BCUT2D eigenvalue weighted by Crippen LogP contribution is -2.33. The number of allylic oxidation sites excluding steroid dienone is 1. The minimum absolute atomic E-state index is 0.000941. The second-order valence-corrected chi connectivity index (χ2v) is 14.7. The smallest absolute Gasteiger partial charge is 0.227 e. The van der Waals surface area contributed by atoms with Gasteiger partial charge >= 0.3 is 0 Å². The predicted molar refractivity (Wildman–Crippen MR) is 169 cm³/mol. The molecule has 6 rings (SSSR count).